The Morgan fingerprint density at radius 3 is 2.57 bits per heavy atom. The van der Waals surface area contributed by atoms with E-state index in [0.717, 1.165) is 68.1 Å². The molecule has 0 atom stereocenters. The van der Waals surface area contributed by atoms with Crippen LogP contribution in [0.3, 0.4) is 0 Å². The maximum absolute atomic E-state index is 6.05. The summed E-state index contributed by atoms with van der Waals surface area (Å²) >= 11 is 6.05. The van der Waals surface area contributed by atoms with Gasteiger partial charge < -0.3 is 20.4 Å². The molecule has 6 nitrogen and oxygen atoms in total. The third-order valence-electron chi connectivity index (χ3n) is 5.00. The quantitative estimate of drug-likeness (QED) is 0.319. The Morgan fingerprint density at radius 2 is 1.90 bits per heavy atom. The lowest BCUT2D eigenvalue weighted by Gasteiger charge is -2.33. The first-order valence-electron chi connectivity index (χ1n) is 10.3. The minimum atomic E-state index is 0. The average molecular weight is 543 g/mol. The second-order valence-corrected chi connectivity index (χ2v) is 7.75. The third kappa shape index (κ3) is 7.92. The Bertz CT molecular complexity index is 790. The molecule has 1 aromatic heterocycles. The molecule has 3 rings (SSSR count). The Morgan fingerprint density at radius 1 is 1.10 bits per heavy atom. The zero-order valence-corrected chi connectivity index (χ0v) is 20.9. The number of benzene rings is 1. The molecule has 8 heteroatoms. The van der Waals surface area contributed by atoms with Gasteiger partial charge in [-0.2, -0.15) is 0 Å². The largest absolute Gasteiger partial charge is 0.357 e. The van der Waals surface area contributed by atoms with Crippen molar-refractivity contribution in [2.24, 2.45) is 4.99 Å². The van der Waals surface area contributed by atoms with Crippen molar-refractivity contribution in [3.05, 3.63) is 58.7 Å². The van der Waals surface area contributed by atoms with Gasteiger partial charge in [-0.3, -0.25) is 0 Å². The fraction of sp³-hybridized carbons (Fsp3) is 0.455. The Labute approximate surface area is 202 Å². The molecule has 1 saturated heterocycles. The molecule has 0 unspecified atom stereocenters. The summed E-state index contributed by atoms with van der Waals surface area (Å²) in [5.74, 6) is 1.87. The van der Waals surface area contributed by atoms with Gasteiger partial charge in [0.25, 0.3) is 0 Å². The van der Waals surface area contributed by atoms with Crippen molar-refractivity contribution in [3.63, 3.8) is 0 Å². The van der Waals surface area contributed by atoms with Gasteiger partial charge in [-0.05, 0) is 49.7 Å². The summed E-state index contributed by atoms with van der Waals surface area (Å²) in [7, 11) is 2.16. The van der Waals surface area contributed by atoms with E-state index < -0.39 is 0 Å². The van der Waals surface area contributed by atoms with Crippen LogP contribution in [0.4, 0.5) is 5.82 Å². The van der Waals surface area contributed by atoms with Crippen molar-refractivity contribution in [1.29, 1.82) is 0 Å². The highest BCUT2D eigenvalue weighted by Gasteiger charge is 2.14. The van der Waals surface area contributed by atoms with E-state index in [9.17, 15) is 0 Å². The van der Waals surface area contributed by atoms with E-state index in [0.29, 0.717) is 6.54 Å². The average Bonchev–Trinajstić information content (AvgIpc) is 2.73. The number of anilines is 1. The van der Waals surface area contributed by atoms with E-state index in [2.05, 4.69) is 57.6 Å². The molecule has 30 heavy (non-hydrogen) atoms. The first-order valence-corrected chi connectivity index (χ1v) is 10.7. The fourth-order valence-electron chi connectivity index (χ4n) is 3.26. The zero-order chi connectivity index (χ0) is 20.5. The predicted molar refractivity (Wildman–Crippen MR) is 137 cm³/mol. The molecule has 2 N–H and O–H groups in total. The van der Waals surface area contributed by atoms with Crippen LogP contribution >= 0.6 is 35.6 Å². The number of rotatable bonds is 7. The second-order valence-electron chi connectivity index (χ2n) is 7.32. The van der Waals surface area contributed by atoms with Gasteiger partial charge in [0, 0.05) is 50.5 Å². The van der Waals surface area contributed by atoms with E-state index in [1.165, 1.54) is 5.56 Å². The van der Waals surface area contributed by atoms with Gasteiger partial charge in [-0.1, -0.05) is 29.8 Å². The number of guanidine groups is 1. The molecule has 2 aromatic rings. The number of aromatic nitrogens is 1. The van der Waals surface area contributed by atoms with Crippen LogP contribution < -0.4 is 15.5 Å². The molecule has 1 aliphatic rings. The molecule has 1 aromatic carbocycles. The molecule has 1 aliphatic heterocycles. The SMILES string of the molecule is CCNC(=NCc1ccc(N2CCN(C)CC2)nc1)NCCc1cccc(Cl)c1.I. The van der Waals surface area contributed by atoms with Gasteiger partial charge in [-0.15, -0.1) is 24.0 Å². The normalized spacial score (nSPS) is 14.9. The summed E-state index contributed by atoms with van der Waals surface area (Å²) < 4.78 is 0. The highest BCUT2D eigenvalue weighted by molar-refractivity contribution is 14.0. The zero-order valence-electron chi connectivity index (χ0n) is 17.8. The summed E-state index contributed by atoms with van der Waals surface area (Å²) in [6.45, 7) is 8.52. The standard InChI is InChI=1S/C22H31ClN6.HI/c1-3-24-22(25-10-9-18-5-4-6-20(23)15-18)27-17-19-7-8-21(26-16-19)29-13-11-28(2)12-14-29;/h4-8,15-16H,3,9-14,17H2,1-2H3,(H2,24,25,27);1H. The highest BCUT2D eigenvalue weighted by atomic mass is 127. The minimum Gasteiger partial charge on any atom is -0.357 e. The molecule has 0 spiro atoms. The molecule has 164 valence electrons. The van der Waals surface area contributed by atoms with Gasteiger partial charge in [0.15, 0.2) is 5.96 Å². The van der Waals surface area contributed by atoms with Crippen LogP contribution in [0, 0.1) is 0 Å². The van der Waals surface area contributed by atoms with Crippen LogP contribution in [-0.2, 0) is 13.0 Å². The summed E-state index contributed by atoms with van der Waals surface area (Å²) in [4.78, 5) is 14.0. The van der Waals surface area contributed by atoms with Crippen LogP contribution in [0.25, 0.3) is 0 Å². The van der Waals surface area contributed by atoms with Crippen molar-refractivity contribution in [3.8, 4) is 0 Å². The fourth-order valence-corrected chi connectivity index (χ4v) is 3.48. The maximum Gasteiger partial charge on any atom is 0.191 e. The van der Waals surface area contributed by atoms with Crippen LogP contribution in [0.5, 0.6) is 0 Å². The van der Waals surface area contributed by atoms with Crippen molar-refractivity contribution in [2.45, 2.75) is 19.9 Å². The van der Waals surface area contributed by atoms with Gasteiger partial charge in [-0.25, -0.2) is 9.98 Å². The number of hydrogen-bond donors (Lipinski definition) is 2. The molecule has 1 fully saturated rings. The summed E-state index contributed by atoms with van der Waals surface area (Å²) in [5, 5.41) is 7.46. The molecule has 0 radical (unpaired) electrons. The number of nitrogens with zero attached hydrogens (tertiary/aromatic N) is 4. The predicted octanol–water partition coefficient (Wildman–Crippen LogP) is 3.40. The van der Waals surface area contributed by atoms with E-state index in [1.54, 1.807) is 0 Å². The highest BCUT2D eigenvalue weighted by Crippen LogP contribution is 2.14. The minimum absolute atomic E-state index is 0. The molecule has 0 amide bonds. The lowest BCUT2D eigenvalue weighted by molar-refractivity contribution is 0.312. The molecule has 0 bridgehead atoms. The van der Waals surface area contributed by atoms with Crippen LogP contribution in [0.2, 0.25) is 5.02 Å². The molecular formula is C22H32ClIN6. The van der Waals surface area contributed by atoms with Crippen molar-refractivity contribution in [2.75, 3.05) is 51.2 Å². The number of pyridine rings is 1. The van der Waals surface area contributed by atoms with Gasteiger partial charge >= 0.3 is 0 Å². The lowest BCUT2D eigenvalue weighted by atomic mass is 10.1. The van der Waals surface area contributed by atoms with Crippen LogP contribution in [0.15, 0.2) is 47.6 Å². The number of nitrogens with one attached hydrogen (secondary N) is 2. The lowest BCUT2D eigenvalue weighted by Crippen LogP contribution is -2.44. The number of aliphatic imine (C=N–C) groups is 1. The second kappa shape index (κ2) is 13.0. The van der Waals surface area contributed by atoms with Crippen LogP contribution in [-0.4, -0.2) is 62.2 Å². The summed E-state index contributed by atoms with van der Waals surface area (Å²) in [5.41, 5.74) is 2.32. The monoisotopic (exact) mass is 542 g/mol. The topological polar surface area (TPSA) is 55.8 Å². The van der Waals surface area contributed by atoms with E-state index in [1.807, 2.05) is 24.4 Å². The van der Waals surface area contributed by atoms with E-state index in [-0.39, 0.29) is 24.0 Å². The van der Waals surface area contributed by atoms with E-state index >= 15 is 0 Å². The number of piperazine rings is 1. The van der Waals surface area contributed by atoms with Crippen molar-refractivity contribution in [1.82, 2.24) is 20.5 Å². The first-order chi connectivity index (χ1) is 14.1. The third-order valence-corrected chi connectivity index (χ3v) is 5.23. The summed E-state index contributed by atoms with van der Waals surface area (Å²) in [6, 6.07) is 12.2. The maximum atomic E-state index is 6.05. The first kappa shape index (κ1) is 24.7. The summed E-state index contributed by atoms with van der Waals surface area (Å²) in [6.07, 6.45) is 2.83. The van der Waals surface area contributed by atoms with Gasteiger partial charge in [0.2, 0.25) is 0 Å². The number of halogens is 2. The number of likely N-dealkylation sites (N-methyl/N-ethyl adjacent to an activating group) is 1. The molecule has 2 heterocycles. The Hall–Kier alpha value is -1.58. The van der Waals surface area contributed by atoms with Crippen LogP contribution in [0.1, 0.15) is 18.1 Å². The van der Waals surface area contributed by atoms with Gasteiger partial charge in [0.05, 0.1) is 6.54 Å². The van der Waals surface area contributed by atoms with Crippen molar-refractivity contribution >= 4 is 47.4 Å². The molecular weight excluding hydrogens is 511 g/mol. The van der Waals surface area contributed by atoms with E-state index in [4.69, 9.17) is 16.6 Å². The molecule has 0 aliphatic carbocycles. The Balaban J connectivity index is 0.00000320. The number of hydrogen-bond acceptors (Lipinski definition) is 4. The van der Waals surface area contributed by atoms with Gasteiger partial charge in [0.1, 0.15) is 5.82 Å². The smallest absolute Gasteiger partial charge is 0.191 e. The Kier molecular flexibility index (Phi) is 10.7. The van der Waals surface area contributed by atoms with Crippen molar-refractivity contribution < 1.29 is 0 Å². The molecule has 0 saturated carbocycles.